The minimum Gasteiger partial charge on any atom is -0.352 e. The van der Waals surface area contributed by atoms with Crippen LogP contribution in [0.5, 0.6) is 0 Å². The zero-order chi connectivity index (χ0) is 18.0. The SMILES string of the molecule is NCC(NC(=O)C1CCCN(C(=O)c2ccc(Cl)c(Cl)c2)C1)C1CC1. The van der Waals surface area contributed by atoms with Crippen molar-refractivity contribution in [2.75, 3.05) is 19.6 Å². The standard InChI is InChI=1S/C18H23Cl2N3O2/c19-14-6-5-12(8-15(14)20)18(25)23-7-1-2-13(10-23)17(24)22-16(9-21)11-3-4-11/h5-6,8,11,13,16H,1-4,7,9-10,21H2,(H,22,24). The smallest absolute Gasteiger partial charge is 0.253 e. The Kier molecular flexibility index (Phi) is 5.87. The lowest BCUT2D eigenvalue weighted by Crippen LogP contribution is -2.49. The minimum absolute atomic E-state index is 0.00832. The first-order valence-electron chi connectivity index (χ1n) is 8.74. The molecule has 5 nitrogen and oxygen atoms in total. The van der Waals surface area contributed by atoms with Crippen LogP contribution in [0.4, 0.5) is 0 Å². The Morgan fingerprint density at radius 2 is 2.00 bits per heavy atom. The maximum absolute atomic E-state index is 12.7. The molecule has 2 atom stereocenters. The van der Waals surface area contributed by atoms with Gasteiger partial charge in [0.25, 0.3) is 5.91 Å². The molecule has 136 valence electrons. The van der Waals surface area contributed by atoms with E-state index in [-0.39, 0.29) is 23.8 Å². The number of nitrogens with zero attached hydrogens (tertiary/aromatic N) is 1. The van der Waals surface area contributed by atoms with Crippen molar-refractivity contribution in [1.82, 2.24) is 10.2 Å². The van der Waals surface area contributed by atoms with E-state index in [9.17, 15) is 9.59 Å². The highest BCUT2D eigenvalue weighted by Crippen LogP contribution is 2.32. The molecule has 3 rings (SSSR count). The van der Waals surface area contributed by atoms with Crippen molar-refractivity contribution in [2.45, 2.75) is 31.7 Å². The van der Waals surface area contributed by atoms with E-state index in [0.717, 1.165) is 25.7 Å². The molecule has 1 aliphatic carbocycles. The summed E-state index contributed by atoms with van der Waals surface area (Å²) < 4.78 is 0. The molecular weight excluding hydrogens is 361 g/mol. The van der Waals surface area contributed by atoms with Crippen LogP contribution in [0.25, 0.3) is 0 Å². The first-order chi connectivity index (χ1) is 12.0. The molecule has 2 fully saturated rings. The van der Waals surface area contributed by atoms with Crippen molar-refractivity contribution in [2.24, 2.45) is 17.6 Å². The van der Waals surface area contributed by atoms with Gasteiger partial charge in [0.2, 0.25) is 5.91 Å². The van der Waals surface area contributed by atoms with Gasteiger partial charge < -0.3 is 16.0 Å². The number of amides is 2. The second-order valence-electron chi connectivity index (χ2n) is 6.91. The number of hydrogen-bond acceptors (Lipinski definition) is 3. The summed E-state index contributed by atoms with van der Waals surface area (Å²) in [5.74, 6) is 0.224. The van der Waals surface area contributed by atoms with E-state index in [0.29, 0.717) is 41.2 Å². The van der Waals surface area contributed by atoms with Crippen molar-refractivity contribution in [3.05, 3.63) is 33.8 Å². The Balaban J connectivity index is 1.62. The van der Waals surface area contributed by atoms with Crippen LogP contribution in [0.1, 0.15) is 36.0 Å². The van der Waals surface area contributed by atoms with E-state index in [1.54, 1.807) is 23.1 Å². The number of nitrogens with two attached hydrogens (primary N) is 1. The number of benzene rings is 1. The van der Waals surface area contributed by atoms with Gasteiger partial charge in [0, 0.05) is 31.2 Å². The van der Waals surface area contributed by atoms with Gasteiger partial charge in [-0.2, -0.15) is 0 Å². The monoisotopic (exact) mass is 383 g/mol. The normalized spacial score (nSPS) is 21.7. The summed E-state index contributed by atoms with van der Waals surface area (Å²) in [7, 11) is 0. The van der Waals surface area contributed by atoms with E-state index >= 15 is 0 Å². The summed E-state index contributed by atoms with van der Waals surface area (Å²) in [5, 5.41) is 3.85. The fourth-order valence-electron chi connectivity index (χ4n) is 3.36. The third-order valence-electron chi connectivity index (χ3n) is 5.02. The second kappa shape index (κ2) is 7.94. The molecule has 0 radical (unpaired) electrons. The van der Waals surface area contributed by atoms with Gasteiger partial charge >= 0.3 is 0 Å². The summed E-state index contributed by atoms with van der Waals surface area (Å²) in [6.45, 7) is 1.54. The zero-order valence-electron chi connectivity index (χ0n) is 14.0. The summed E-state index contributed by atoms with van der Waals surface area (Å²) in [6, 6.07) is 4.92. The van der Waals surface area contributed by atoms with Gasteiger partial charge in [0.15, 0.2) is 0 Å². The third-order valence-corrected chi connectivity index (χ3v) is 5.76. The maximum atomic E-state index is 12.7. The quantitative estimate of drug-likeness (QED) is 0.820. The van der Waals surface area contributed by atoms with Crippen LogP contribution in [0.3, 0.4) is 0 Å². The summed E-state index contributed by atoms with van der Waals surface area (Å²) in [5.41, 5.74) is 6.26. The molecule has 1 aromatic rings. The van der Waals surface area contributed by atoms with Crippen molar-refractivity contribution in [3.63, 3.8) is 0 Å². The molecule has 2 amide bonds. The average Bonchev–Trinajstić information content (AvgIpc) is 3.46. The summed E-state index contributed by atoms with van der Waals surface area (Å²) in [4.78, 5) is 27.0. The number of halogens is 2. The van der Waals surface area contributed by atoms with Crippen molar-refractivity contribution in [1.29, 1.82) is 0 Å². The third kappa shape index (κ3) is 4.46. The number of hydrogen-bond donors (Lipinski definition) is 2. The lowest BCUT2D eigenvalue weighted by Gasteiger charge is -2.33. The Morgan fingerprint density at radius 3 is 2.64 bits per heavy atom. The molecule has 0 bridgehead atoms. The Labute approximate surface area is 157 Å². The summed E-state index contributed by atoms with van der Waals surface area (Å²) >= 11 is 11.9. The number of carbonyl (C=O) groups is 2. The number of nitrogens with one attached hydrogen (secondary N) is 1. The van der Waals surface area contributed by atoms with Crippen LogP contribution in [0, 0.1) is 11.8 Å². The second-order valence-corrected chi connectivity index (χ2v) is 7.72. The zero-order valence-corrected chi connectivity index (χ0v) is 15.5. The molecule has 2 aliphatic rings. The number of carbonyl (C=O) groups excluding carboxylic acids is 2. The van der Waals surface area contributed by atoms with E-state index in [4.69, 9.17) is 28.9 Å². The van der Waals surface area contributed by atoms with E-state index < -0.39 is 0 Å². The predicted octanol–water partition coefficient (Wildman–Crippen LogP) is 2.70. The van der Waals surface area contributed by atoms with Crippen molar-refractivity contribution < 1.29 is 9.59 Å². The van der Waals surface area contributed by atoms with Crippen LogP contribution in [0.15, 0.2) is 18.2 Å². The van der Waals surface area contributed by atoms with Crippen molar-refractivity contribution >= 4 is 35.0 Å². The van der Waals surface area contributed by atoms with Crippen LogP contribution >= 0.6 is 23.2 Å². The van der Waals surface area contributed by atoms with Gasteiger partial charge in [0.1, 0.15) is 0 Å². The minimum atomic E-state index is -0.187. The molecule has 7 heteroatoms. The molecule has 0 aromatic heterocycles. The van der Waals surface area contributed by atoms with Gasteiger partial charge in [-0.3, -0.25) is 9.59 Å². The molecule has 2 unspecified atom stereocenters. The lowest BCUT2D eigenvalue weighted by atomic mass is 9.95. The predicted molar refractivity (Wildman–Crippen MR) is 98.8 cm³/mol. The average molecular weight is 384 g/mol. The van der Waals surface area contributed by atoms with Crippen LogP contribution in [-0.2, 0) is 4.79 Å². The highest BCUT2D eigenvalue weighted by molar-refractivity contribution is 6.42. The first-order valence-corrected chi connectivity index (χ1v) is 9.50. The molecule has 1 saturated heterocycles. The van der Waals surface area contributed by atoms with E-state index in [2.05, 4.69) is 5.32 Å². The number of piperidine rings is 1. The maximum Gasteiger partial charge on any atom is 0.253 e. The lowest BCUT2D eigenvalue weighted by molar-refractivity contribution is -0.127. The summed E-state index contributed by atoms with van der Waals surface area (Å²) in [6.07, 6.45) is 3.87. The fraction of sp³-hybridized carbons (Fsp3) is 0.556. The van der Waals surface area contributed by atoms with Crippen LogP contribution in [-0.4, -0.2) is 42.4 Å². The molecule has 1 saturated carbocycles. The Morgan fingerprint density at radius 1 is 1.24 bits per heavy atom. The van der Waals surface area contributed by atoms with Crippen molar-refractivity contribution in [3.8, 4) is 0 Å². The fourth-order valence-corrected chi connectivity index (χ4v) is 3.65. The van der Waals surface area contributed by atoms with Crippen LogP contribution in [0.2, 0.25) is 10.0 Å². The molecule has 1 aliphatic heterocycles. The Hall–Kier alpha value is -1.30. The topological polar surface area (TPSA) is 75.4 Å². The van der Waals surface area contributed by atoms with Gasteiger partial charge in [0.05, 0.1) is 16.0 Å². The molecule has 25 heavy (non-hydrogen) atoms. The van der Waals surface area contributed by atoms with E-state index in [1.165, 1.54) is 0 Å². The van der Waals surface area contributed by atoms with Gasteiger partial charge in [-0.25, -0.2) is 0 Å². The first kappa shape index (κ1) is 18.5. The van der Waals surface area contributed by atoms with Gasteiger partial charge in [-0.15, -0.1) is 0 Å². The molecule has 0 spiro atoms. The Bertz CT molecular complexity index is 664. The van der Waals surface area contributed by atoms with Gasteiger partial charge in [-0.1, -0.05) is 23.2 Å². The van der Waals surface area contributed by atoms with Crippen LogP contribution < -0.4 is 11.1 Å². The highest BCUT2D eigenvalue weighted by Gasteiger charge is 2.34. The molecule has 1 heterocycles. The number of likely N-dealkylation sites (tertiary alicyclic amines) is 1. The van der Waals surface area contributed by atoms with Gasteiger partial charge in [-0.05, 0) is 49.8 Å². The largest absolute Gasteiger partial charge is 0.352 e. The molecule has 1 aromatic carbocycles. The molecule has 3 N–H and O–H groups in total. The highest BCUT2D eigenvalue weighted by atomic mass is 35.5. The molecular formula is C18H23Cl2N3O2. The van der Waals surface area contributed by atoms with E-state index in [1.807, 2.05) is 0 Å². The number of rotatable bonds is 5.